The molecule has 6 heteroatoms. The van der Waals surface area contributed by atoms with Crippen molar-refractivity contribution >= 4 is 11.8 Å². The summed E-state index contributed by atoms with van der Waals surface area (Å²) < 4.78 is 0. The lowest BCUT2D eigenvalue weighted by Gasteiger charge is -2.31. The molecule has 0 aliphatic heterocycles. The van der Waals surface area contributed by atoms with Crippen LogP contribution in [0.3, 0.4) is 0 Å². The van der Waals surface area contributed by atoms with Crippen LogP contribution in [0.25, 0.3) is 0 Å². The monoisotopic (exact) mass is 356 g/mol. The molecule has 0 spiro atoms. The second-order valence-electron chi connectivity index (χ2n) is 9.03. The highest BCUT2D eigenvalue weighted by Gasteiger charge is 2.78. The predicted molar refractivity (Wildman–Crippen MR) is 96.0 cm³/mol. The third-order valence-electron chi connectivity index (χ3n) is 7.59. The quantitative estimate of drug-likeness (QED) is 0.745. The highest BCUT2D eigenvalue weighted by molar-refractivity contribution is 5.88. The summed E-state index contributed by atoms with van der Waals surface area (Å²) in [4.78, 5) is 27.5. The van der Waals surface area contributed by atoms with Gasteiger partial charge in [0.05, 0.1) is 17.7 Å². The van der Waals surface area contributed by atoms with E-state index in [0.717, 1.165) is 17.9 Å². The van der Waals surface area contributed by atoms with E-state index in [0.29, 0.717) is 43.0 Å². The molecular formula is C20H28N4O2. The summed E-state index contributed by atoms with van der Waals surface area (Å²) in [6.07, 6.45) is 10.8. The van der Waals surface area contributed by atoms with Crippen molar-refractivity contribution in [3.8, 4) is 0 Å². The van der Waals surface area contributed by atoms with Gasteiger partial charge in [-0.25, -0.2) is 0 Å². The second-order valence-corrected chi connectivity index (χ2v) is 9.03. The van der Waals surface area contributed by atoms with Gasteiger partial charge in [0.25, 0.3) is 0 Å². The molecule has 140 valence electrons. The Morgan fingerprint density at radius 2 is 2.15 bits per heavy atom. The fourth-order valence-electron chi connectivity index (χ4n) is 6.08. The Kier molecular flexibility index (Phi) is 3.66. The molecule has 5 aliphatic carbocycles. The smallest absolute Gasteiger partial charge is 0.229 e. The molecule has 4 bridgehead atoms. The van der Waals surface area contributed by atoms with Crippen molar-refractivity contribution in [1.29, 1.82) is 0 Å². The number of likely N-dealkylation sites (N-methyl/N-ethyl adjacent to an activating group) is 1. The van der Waals surface area contributed by atoms with Crippen molar-refractivity contribution in [1.82, 2.24) is 20.4 Å². The number of amides is 2. The standard InChI is InChI=1S/C20H28N4O2/c1-24(19(26)20-8-13-6-15(20)16(20)7-13)17(14-3-4-14)11-21-18(25)5-2-12-9-22-23-10-12/h9-10,13-17H,2-8,11H2,1H3,(H,21,25)(H,22,23). The highest BCUT2D eigenvalue weighted by Crippen LogP contribution is 2.79. The first-order chi connectivity index (χ1) is 12.6. The van der Waals surface area contributed by atoms with E-state index in [2.05, 4.69) is 15.5 Å². The molecule has 6 rings (SSSR count). The largest absolute Gasteiger partial charge is 0.354 e. The van der Waals surface area contributed by atoms with Crippen molar-refractivity contribution in [2.24, 2.45) is 29.1 Å². The van der Waals surface area contributed by atoms with Crippen LogP contribution in [0.15, 0.2) is 12.4 Å². The van der Waals surface area contributed by atoms with Crippen LogP contribution in [0.1, 0.15) is 44.1 Å². The maximum atomic E-state index is 13.2. The minimum absolute atomic E-state index is 0.00213. The van der Waals surface area contributed by atoms with Crippen LogP contribution in [0.5, 0.6) is 0 Å². The zero-order valence-electron chi connectivity index (χ0n) is 15.4. The van der Waals surface area contributed by atoms with Gasteiger partial charge in [0, 0.05) is 26.2 Å². The van der Waals surface area contributed by atoms with Gasteiger partial charge in [0.15, 0.2) is 0 Å². The van der Waals surface area contributed by atoms with E-state index in [1.807, 2.05) is 18.1 Å². The van der Waals surface area contributed by atoms with E-state index >= 15 is 0 Å². The Morgan fingerprint density at radius 3 is 2.73 bits per heavy atom. The first-order valence-corrected chi connectivity index (χ1v) is 10.1. The molecule has 3 atom stereocenters. The molecule has 0 saturated heterocycles. The van der Waals surface area contributed by atoms with Crippen LogP contribution in [-0.4, -0.2) is 46.5 Å². The second kappa shape index (κ2) is 5.83. The van der Waals surface area contributed by atoms with Crippen LogP contribution in [0.2, 0.25) is 0 Å². The van der Waals surface area contributed by atoms with Crippen molar-refractivity contribution in [3.63, 3.8) is 0 Å². The Bertz CT molecular complexity index is 699. The van der Waals surface area contributed by atoms with Crippen molar-refractivity contribution < 1.29 is 9.59 Å². The Hall–Kier alpha value is -1.85. The summed E-state index contributed by atoms with van der Waals surface area (Å²) in [6.45, 7) is 0.589. The molecule has 6 nitrogen and oxygen atoms in total. The lowest BCUT2D eigenvalue weighted by atomic mass is 10.00. The Morgan fingerprint density at radius 1 is 1.38 bits per heavy atom. The number of H-pyrrole nitrogens is 1. The number of aryl methyl sites for hydroxylation is 1. The van der Waals surface area contributed by atoms with E-state index < -0.39 is 0 Å². The molecule has 0 aromatic carbocycles. The van der Waals surface area contributed by atoms with Crippen LogP contribution in [0.4, 0.5) is 0 Å². The van der Waals surface area contributed by atoms with Crippen molar-refractivity contribution in [2.75, 3.05) is 13.6 Å². The van der Waals surface area contributed by atoms with Crippen molar-refractivity contribution in [2.45, 2.75) is 51.0 Å². The number of hydrogen-bond acceptors (Lipinski definition) is 3. The summed E-state index contributed by atoms with van der Waals surface area (Å²) in [5.41, 5.74) is 1.04. The number of carbonyl (C=O) groups excluding carboxylic acids is 2. The highest BCUT2D eigenvalue weighted by atomic mass is 16.2. The third kappa shape index (κ3) is 2.48. The van der Waals surface area contributed by atoms with E-state index in [4.69, 9.17) is 0 Å². The summed E-state index contributed by atoms with van der Waals surface area (Å²) in [5, 5.41) is 9.75. The summed E-state index contributed by atoms with van der Waals surface area (Å²) in [6, 6.07) is 0.161. The molecule has 5 saturated carbocycles. The SMILES string of the molecule is CN(C(=O)C12CC3CC1C2C3)C(CNC(=O)CCc1cn[nH]c1)C1CC1. The van der Waals surface area contributed by atoms with Gasteiger partial charge in [-0.15, -0.1) is 0 Å². The lowest BCUT2D eigenvalue weighted by Crippen LogP contribution is -2.48. The topological polar surface area (TPSA) is 78.1 Å². The number of rotatable bonds is 8. The van der Waals surface area contributed by atoms with Crippen molar-refractivity contribution in [3.05, 3.63) is 18.0 Å². The molecule has 3 unspecified atom stereocenters. The van der Waals surface area contributed by atoms with E-state index in [1.54, 1.807) is 6.20 Å². The average molecular weight is 356 g/mol. The molecule has 1 heterocycles. The van der Waals surface area contributed by atoms with E-state index in [-0.39, 0.29) is 17.4 Å². The predicted octanol–water partition coefficient (Wildman–Crippen LogP) is 1.74. The molecule has 5 aliphatic rings. The fraction of sp³-hybridized carbons (Fsp3) is 0.750. The molecule has 2 N–H and O–H groups in total. The van der Waals surface area contributed by atoms with Gasteiger partial charge in [-0.1, -0.05) is 0 Å². The Labute approximate surface area is 154 Å². The summed E-state index contributed by atoms with van der Waals surface area (Å²) in [5.74, 6) is 3.14. The first kappa shape index (κ1) is 16.3. The van der Waals surface area contributed by atoms with Gasteiger partial charge < -0.3 is 10.2 Å². The number of aromatic amines is 1. The average Bonchev–Trinajstić information content (AvgIpc) is 3.24. The molecule has 1 aromatic rings. The van der Waals surface area contributed by atoms with Crippen LogP contribution < -0.4 is 5.32 Å². The lowest BCUT2D eigenvalue weighted by molar-refractivity contribution is -0.139. The van der Waals surface area contributed by atoms with E-state index in [9.17, 15) is 9.59 Å². The zero-order valence-corrected chi connectivity index (χ0v) is 15.4. The maximum absolute atomic E-state index is 13.2. The van der Waals surface area contributed by atoms with Gasteiger partial charge >= 0.3 is 0 Å². The molecule has 2 amide bonds. The summed E-state index contributed by atoms with van der Waals surface area (Å²) in [7, 11) is 1.97. The number of hydrogen-bond donors (Lipinski definition) is 2. The number of nitrogens with one attached hydrogen (secondary N) is 2. The first-order valence-electron chi connectivity index (χ1n) is 10.1. The van der Waals surface area contributed by atoms with Gasteiger partial charge in [-0.05, 0) is 67.8 Å². The van der Waals surface area contributed by atoms with Gasteiger partial charge in [-0.2, -0.15) is 5.10 Å². The third-order valence-corrected chi connectivity index (χ3v) is 7.59. The molecule has 1 aromatic heterocycles. The molecule has 0 radical (unpaired) electrons. The minimum atomic E-state index is -0.00213. The van der Waals surface area contributed by atoms with Gasteiger partial charge in [0.1, 0.15) is 0 Å². The maximum Gasteiger partial charge on any atom is 0.229 e. The summed E-state index contributed by atoms with van der Waals surface area (Å²) >= 11 is 0. The van der Waals surface area contributed by atoms with E-state index in [1.165, 1.54) is 25.7 Å². The van der Waals surface area contributed by atoms with Crippen LogP contribution >= 0.6 is 0 Å². The number of aromatic nitrogens is 2. The normalized spacial score (nSPS) is 34.6. The molecule has 26 heavy (non-hydrogen) atoms. The number of carbonyl (C=O) groups is 2. The zero-order chi connectivity index (χ0) is 17.9. The van der Waals surface area contributed by atoms with Crippen LogP contribution in [0, 0.1) is 29.1 Å². The Balaban J connectivity index is 1.16. The minimum Gasteiger partial charge on any atom is -0.354 e. The molecular weight excluding hydrogens is 328 g/mol. The number of nitrogens with zero attached hydrogens (tertiary/aromatic N) is 2. The molecule has 5 fully saturated rings. The van der Waals surface area contributed by atoms with Gasteiger partial charge in [-0.3, -0.25) is 14.7 Å². The fourth-order valence-corrected chi connectivity index (χ4v) is 6.08. The van der Waals surface area contributed by atoms with Gasteiger partial charge in [0.2, 0.25) is 11.8 Å². The van der Waals surface area contributed by atoms with Crippen LogP contribution in [-0.2, 0) is 16.0 Å².